The van der Waals surface area contributed by atoms with Gasteiger partial charge in [-0.2, -0.15) is 5.26 Å². The zero-order valence-corrected chi connectivity index (χ0v) is 23.1. The lowest BCUT2D eigenvalue weighted by molar-refractivity contribution is -0.124. The van der Waals surface area contributed by atoms with E-state index in [4.69, 9.17) is 23.2 Å². The van der Waals surface area contributed by atoms with Crippen molar-refractivity contribution in [3.63, 3.8) is 0 Å². The number of likely N-dealkylation sites (N-methyl/N-ethyl adjacent to an activating group) is 1. The number of imide groups is 1. The summed E-state index contributed by atoms with van der Waals surface area (Å²) in [6.45, 7) is 0.104. The molecule has 0 aliphatic carbocycles. The molecule has 2 aromatic heterocycles. The topological polar surface area (TPSA) is 115 Å². The van der Waals surface area contributed by atoms with Crippen LogP contribution in [0.5, 0.6) is 0 Å². The average Bonchev–Trinajstić information content (AvgIpc) is 3.69. The highest BCUT2D eigenvalue weighted by Gasteiger charge is 2.65. The number of imidazole rings is 1. The number of nitrogens with zero attached hydrogens (tertiary/aromatic N) is 7. The van der Waals surface area contributed by atoms with Gasteiger partial charge in [-0.3, -0.25) is 14.2 Å². The van der Waals surface area contributed by atoms with E-state index in [1.54, 1.807) is 71.6 Å². The Hall–Kier alpha value is -4.72. The Morgan fingerprint density at radius 2 is 1.80 bits per heavy atom. The van der Waals surface area contributed by atoms with Gasteiger partial charge in [0.15, 0.2) is 0 Å². The molecule has 1 spiro atoms. The molecule has 2 aliphatic heterocycles. The molecule has 41 heavy (non-hydrogen) atoms. The fourth-order valence-corrected chi connectivity index (χ4v) is 6.12. The van der Waals surface area contributed by atoms with Gasteiger partial charge in [-0.25, -0.2) is 19.7 Å². The molecule has 2 saturated heterocycles. The Labute approximate surface area is 244 Å². The number of halogens is 2. The molecule has 0 radical (unpaired) electrons. The summed E-state index contributed by atoms with van der Waals surface area (Å²) in [5, 5.41) is 9.84. The van der Waals surface area contributed by atoms with Gasteiger partial charge in [-0.15, -0.1) is 0 Å². The van der Waals surface area contributed by atoms with Gasteiger partial charge in [-0.05, 0) is 48.0 Å². The molecule has 204 valence electrons. The quantitative estimate of drug-likeness (QED) is 0.325. The molecule has 0 saturated carbocycles. The van der Waals surface area contributed by atoms with Crippen molar-refractivity contribution in [1.82, 2.24) is 24.3 Å². The molecule has 4 heterocycles. The summed E-state index contributed by atoms with van der Waals surface area (Å²) in [6.07, 6.45) is 6.46. The van der Waals surface area contributed by atoms with Crippen molar-refractivity contribution < 1.29 is 14.4 Å². The smallest absolute Gasteiger partial charge is 0.332 e. The first-order chi connectivity index (χ1) is 19.7. The third-order valence-corrected chi connectivity index (χ3v) is 8.10. The molecule has 2 unspecified atom stereocenters. The number of amides is 4. The van der Waals surface area contributed by atoms with Gasteiger partial charge in [0.2, 0.25) is 0 Å². The molecular formula is C29H21Cl2N7O3. The number of nitriles is 1. The van der Waals surface area contributed by atoms with E-state index in [-0.39, 0.29) is 34.7 Å². The minimum Gasteiger partial charge on any atom is -0.335 e. The fourth-order valence-electron chi connectivity index (χ4n) is 5.60. The number of carbonyl (C=O) groups is 3. The van der Waals surface area contributed by atoms with Gasteiger partial charge in [0, 0.05) is 48.1 Å². The molecule has 2 aromatic carbocycles. The van der Waals surface area contributed by atoms with E-state index in [0.717, 1.165) is 4.90 Å². The zero-order chi connectivity index (χ0) is 28.9. The van der Waals surface area contributed by atoms with Gasteiger partial charge in [-0.1, -0.05) is 35.3 Å². The van der Waals surface area contributed by atoms with E-state index in [9.17, 15) is 19.6 Å². The van der Waals surface area contributed by atoms with E-state index < -0.39 is 23.4 Å². The minimum absolute atomic E-state index is 0.0500. The van der Waals surface area contributed by atoms with Crippen LogP contribution in [0, 0.1) is 11.3 Å². The Bertz CT molecular complexity index is 1700. The summed E-state index contributed by atoms with van der Waals surface area (Å²) in [5.74, 6) is -0.817. The lowest BCUT2D eigenvalue weighted by atomic mass is 9.80. The van der Waals surface area contributed by atoms with Gasteiger partial charge >= 0.3 is 6.03 Å². The minimum atomic E-state index is -1.42. The summed E-state index contributed by atoms with van der Waals surface area (Å²) in [6, 6.07) is 16.2. The SMILES string of the molecule is CN1C(=O)N(c2cc(Cl)cc(Cl)c2)C(=O)C12CN(C(=O)c1ccc(-n3ccnc3)nc1)CC2c1ccc(C#N)cc1. The van der Waals surface area contributed by atoms with Crippen molar-refractivity contribution in [1.29, 1.82) is 5.26 Å². The second kappa shape index (κ2) is 10.0. The molecule has 10 nitrogen and oxygen atoms in total. The predicted octanol–water partition coefficient (Wildman–Crippen LogP) is 4.52. The van der Waals surface area contributed by atoms with Crippen LogP contribution in [0.25, 0.3) is 5.82 Å². The van der Waals surface area contributed by atoms with Crippen molar-refractivity contribution >= 4 is 46.7 Å². The Morgan fingerprint density at radius 3 is 2.41 bits per heavy atom. The van der Waals surface area contributed by atoms with Crippen LogP contribution in [0.2, 0.25) is 10.0 Å². The molecule has 2 atom stereocenters. The molecule has 12 heteroatoms. The van der Waals surface area contributed by atoms with E-state index >= 15 is 0 Å². The fraction of sp³-hybridized carbons (Fsp3) is 0.172. The molecule has 2 aliphatic rings. The summed E-state index contributed by atoms with van der Waals surface area (Å²) in [7, 11) is 1.55. The Kier molecular flexibility index (Phi) is 6.49. The highest BCUT2D eigenvalue weighted by atomic mass is 35.5. The summed E-state index contributed by atoms with van der Waals surface area (Å²) >= 11 is 12.4. The number of urea groups is 1. The maximum absolute atomic E-state index is 14.3. The predicted molar refractivity (Wildman–Crippen MR) is 151 cm³/mol. The van der Waals surface area contributed by atoms with E-state index in [1.807, 2.05) is 0 Å². The molecule has 0 N–H and O–H groups in total. The lowest BCUT2D eigenvalue weighted by Gasteiger charge is -2.33. The number of aromatic nitrogens is 3. The van der Waals surface area contributed by atoms with Crippen molar-refractivity contribution in [3.05, 3.63) is 106 Å². The van der Waals surface area contributed by atoms with Crippen LogP contribution in [-0.2, 0) is 4.79 Å². The summed E-state index contributed by atoms with van der Waals surface area (Å²) < 4.78 is 1.72. The number of hydrogen-bond acceptors (Lipinski definition) is 6. The standard InChI is InChI=1S/C29H21Cl2N7O3/c1-35-28(41)38(23-11-21(30)10-22(31)12-23)27(40)29(35)16-37(15-24(29)19-4-2-18(13-32)3-5-19)26(39)20-6-7-25(34-14-20)36-9-8-33-17-36/h2-12,14,17,24H,15-16H2,1H3. The molecule has 4 aromatic rings. The monoisotopic (exact) mass is 585 g/mol. The normalized spacial score (nSPS) is 20.2. The molecular weight excluding hydrogens is 565 g/mol. The van der Waals surface area contributed by atoms with E-state index in [1.165, 1.54) is 29.3 Å². The number of rotatable bonds is 4. The third kappa shape index (κ3) is 4.30. The number of benzene rings is 2. The van der Waals surface area contributed by atoms with Gasteiger partial charge in [0.1, 0.15) is 17.7 Å². The van der Waals surface area contributed by atoms with Gasteiger partial charge in [0.05, 0.1) is 29.4 Å². The second-order valence-corrected chi connectivity index (χ2v) is 10.8. The number of likely N-dealkylation sites (tertiary alicyclic amines) is 1. The summed E-state index contributed by atoms with van der Waals surface area (Å²) in [5.41, 5.74) is 0.327. The first kappa shape index (κ1) is 26.5. The molecule has 4 amide bonds. The number of anilines is 1. The molecule has 6 rings (SSSR count). The zero-order valence-electron chi connectivity index (χ0n) is 21.6. The van der Waals surface area contributed by atoms with Crippen LogP contribution in [0.15, 0.2) is 79.5 Å². The van der Waals surface area contributed by atoms with Crippen LogP contribution >= 0.6 is 23.2 Å². The van der Waals surface area contributed by atoms with Crippen LogP contribution in [-0.4, -0.2) is 67.9 Å². The third-order valence-electron chi connectivity index (χ3n) is 7.66. The van der Waals surface area contributed by atoms with Gasteiger partial charge in [0.25, 0.3) is 11.8 Å². The summed E-state index contributed by atoms with van der Waals surface area (Å²) in [4.78, 5) is 54.2. The molecule has 0 bridgehead atoms. The van der Waals surface area contributed by atoms with Crippen molar-refractivity contribution in [3.8, 4) is 11.9 Å². The van der Waals surface area contributed by atoms with Crippen LogP contribution in [0.3, 0.4) is 0 Å². The number of carbonyl (C=O) groups excluding carboxylic acids is 3. The van der Waals surface area contributed by atoms with Crippen LogP contribution < -0.4 is 4.90 Å². The molecule has 2 fully saturated rings. The lowest BCUT2D eigenvalue weighted by Crippen LogP contribution is -2.54. The van der Waals surface area contributed by atoms with Crippen LogP contribution in [0.1, 0.15) is 27.4 Å². The van der Waals surface area contributed by atoms with E-state index in [2.05, 4.69) is 16.0 Å². The van der Waals surface area contributed by atoms with E-state index in [0.29, 0.717) is 22.5 Å². The number of hydrogen-bond donors (Lipinski definition) is 0. The first-order valence-electron chi connectivity index (χ1n) is 12.5. The first-order valence-corrected chi connectivity index (χ1v) is 13.3. The van der Waals surface area contributed by atoms with Crippen molar-refractivity contribution in [2.24, 2.45) is 0 Å². The van der Waals surface area contributed by atoms with Crippen molar-refractivity contribution in [2.45, 2.75) is 11.5 Å². The Balaban J connectivity index is 1.40. The van der Waals surface area contributed by atoms with Crippen LogP contribution in [0.4, 0.5) is 10.5 Å². The second-order valence-electron chi connectivity index (χ2n) is 9.88. The maximum Gasteiger partial charge on any atom is 0.332 e. The largest absolute Gasteiger partial charge is 0.335 e. The maximum atomic E-state index is 14.3. The Morgan fingerprint density at radius 1 is 1.07 bits per heavy atom. The highest BCUT2D eigenvalue weighted by Crippen LogP contribution is 2.47. The average molecular weight is 586 g/mol. The van der Waals surface area contributed by atoms with Gasteiger partial charge < -0.3 is 9.80 Å². The van der Waals surface area contributed by atoms with Crippen molar-refractivity contribution in [2.75, 3.05) is 25.0 Å². The highest BCUT2D eigenvalue weighted by molar-refractivity contribution is 6.36. The number of pyridine rings is 1.